The Kier molecular flexibility index (Phi) is 6.42. The summed E-state index contributed by atoms with van der Waals surface area (Å²) in [5.74, 6) is -0.114. The number of nitrogens with two attached hydrogens (primary N) is 1. The zero-order valence-corrected chi connectivity index (χ0v) is 16.6. The Hall–Kier alpha value is -2.44. The lowest BCUT2D eigenvalue weighted by Gasteiger charge is -2.08. The predicted octanol–water partition coefficient (Wildman–Crippen LogP) is 3.14. The molecule has 4 N–H and O–H groups in total. The fourth-order valence-electron chi connectivity index (χ4n) is 2.97. The number of thiophene rings is 1. The molecule has 2 heterocycles. The van der Waals surface area contributed by atoms with E-state index in [0.717, 1.165) is 30.0 Å². The summed E-state index contributed by atoms with van der Waals surface area (Å²) in [6, 6.07) is 12.4. The predicted molar refractivity (Wildman–Crippen MR) is 115 cm³/mol. The molecule has 5 nitrogen and oxygen atoms in total. The van der Waals surface area contributed by atoms with Gasteiger partial charge in [-0.3, -0.25) is 9.79 Å². The summed E-state index contributed by atoms with van der Waals surface area (Å²) in [5, 5.41) is 6.40. The van der Waals surface area contributed by atoms with Gasteiger partial charge < -0.3 is 16.4 Å². The van der Waals surface area contributed by atoms with Gasteiger partial charge in [0, 0.05) is 29.3 Å². The minimum Gasteiger partial charge on any atom is -0.397 e. The number of hydrogen-bond donors (Lipinski definition) is 3. The minimum atomic E-state index is -0.114. The fourth-order valence-corrected chi connectivity index (χ4v) is 4.01. The maximum absolute atomic E-state index is 12.3. The first-order chi connectivity index (χ1) is 13.0. The molecular weight excluding hydrogens is 356 g/mol. The lowest BCUT2D eigenvalue weighted by molar-refractivity contribution is 0.0948. The van der Waals surface area contributed by atoms with E-state index in [4.69, 9.17) is 5.73 Å². The lowest BCUT2D eigenvalue weighted by Crippen LogP contribution is -2.29. The van der Waals surface area contributed by atoms with Crippen molar-refractivity contribution in [3.05, 3.63) is 57.3 Å². The number of aliphatic imine (C=N–C) groups is 1. The summed E-state index contributed by atoms with van der Waals surface area (Å²) in [6.45, 7) is 6.27. The zero-order chi connectivity index (χ0) is 19.2. The van der Waals surface area contributed by atoms with Crippen LogP contribution in [-0.2, 0) is 6.42 Å². The van der Waals surface area contributed by atoms with Gasteiger partial charge in [0.1, 0.15) is 4.88 Å². The standard InChI is InChI=1S/C21H26N4OS/c1-14(2)25-21(26)20-18(22)10-19(27-20)17-13-24-12-16(17)11-23-9-8-15-6-4-3-5-7-15/h3-7,10,13-14,23H,8-9,11-12,22H2,1-2H3,(H,25,26). The summed E-state index contributed by atoms with van der Waals surface area (Å²) in [7, 11) is 0. The summed E-state index contributed by atoms with van der Waals surface area (Å²) < 4.78 is 0. The molecule has 0 radical (unpaired) electrons. The molecule has 1 aliphatic heterocycles. The number of allylic oxidation sites excluding steroid dienone is 1. The van der Waals surface area contributed by atoms with Gasteiger partial charge in [-0.1, -0.05) is 30.3 Å². The smallest absolute Gasteiger partial charge is 0.263 e. The third-order valence-corrected chi connectivity index (χ3v) is 5.49. The number of carbonyl (C=O) groups excluding carboxylic acids is 1. The van der Waals surface area contributed by atoms with Gasteiger partial charge in [0.05, 0.1) is 12.2 Å². The first-order valence-electron chi connectivity index (χ1n) is 9.21. The van der Waals surface area contributed by atoms with Gasteiger partial charge in [0.25, 0.3) is 5.91 Å². The molecule has 6 heteroatoms. The Balaban J connectivity index is 1.64. The molecule has 0 saturated carbocycles. The van der Waals surface area contributed by atoms with E-state index in [1.165, 1.54) is 22.5 Å². The maximum Gasteiger partial charge on any atom is 0.263 e. The third kappa shape index (κ3) is 5.05. The van der Waals surface area contributed by atoms with Crippen molar-refractivity contribution in [1.82, 2.24) is 10.6 Å². The van der Waals surface area contributed by atoms with Crippen LogP contribution in [0.1, 0.15) is 34.0 Å². The van der Waals surface area contributed by atoms with E-state index in [1.54, 1.807) is 0 Å². The van der Waals surface area contributed by atoms with Crippen molar-refractivity contribution in [1.29, 1.82) is 0 Å². The molecule has 1 aromatic heterocycles. The van der Waals surface area contributed by atoms with Crippen molar-refractivity contribution < 1.29 is 4.79 Å². The zero-order valence-electron chi connectivity index (χ0n) is 15.8. The molecule has 0 bridgehead atoms. The largest absolute Gasteiger partial charge is 0.397 e. The van der Waals surface area contributed by atoms with Crippen LogP contribution >= 0.6 is 11.3 Å². The van der Waals surface area contributed by atoms with Crippen LogP contribution in [0.15, 0.2) is 47.0 Å². The summed E-state index contributed by atoms with van der Waals surface area (Å²) >= 11 is 1.43. The molecule has 3 rings (SSSR count). The van der Waals surface area contributed by atoms with Crippen LogP contribution in [0.4, 0.5) is 5.69 Å². The van der Waals surface area contributed by atoms with E-state index in [2.05, 4.69) is 39.9 Å². The Morgan fingerprint density at radius 3 is 2.81 bits per heavy atom. The average Bonchev–Trinajstić information content (AvgIpc) is 3.25. The number of anilines is 1. The SMILES string of the molecule is CC(C)NC(=O)c1sc(C2=C(CNCCc3ccccc3)CN=C2)cc1N. The Morgan fingerprint density at radius 2 is 2.07 bits per heavy atom. The molecular formula is C21H26N4OS. The highest BCUT2D eigenvalue weighted by Gasteiger charge is 2.19. The van der Waals surface area contributed by atoms with Crippen LogP contribution in [0.2, 0.25) is 0 Å². The van der Waals surface area contributed by atoms with Crippen LogP contribution in [0.25, 0.3) is 5.57 Å². The molecule has 0 spiro atoms. The monoisotopic (exact) mass is 382 g/mol. The maximum atomic E-state index is 12.3. The second kappa shape index (κ2) is 8.97. The molecule has 2 aromatic rings. The number of hydrogen-bond acceptors (Lipinski definition) is 5. The molecule has 0 unspecified atom stereocenters. The van der Waals surface area contributed by atoms with Gasteiger partial charge in [-0.2, -0.15) is 0 Å². The highest BCUT2D eigenvalue weighted by atomic mass is 32.1. The third-order valence-electron chi connectivity index (χ3n) is 4.31. The van der Waals surface area contributed by atoms with Crippen LogP contribution < -0.4 is 16.4 Å². The normalized spacial score (nSPS) is 13.6. The molecule has 0 aliphatic carbocycles. The number of benzene rings is 1. The van der Waals surface area contributed by atoms with Gasteiger partial charge in [-0.25, -0.2) is 0 Å². The van der Waals surface area contributed by atoms with Gasteiger partial charge in [-0.15, -0.1) is 11.3 Å². The average molecular weight is 383 g/mol. The van der Waals surface area contributed by atoms with Crippen molar-refractivity contribution in [2.24, 2.45) is 4.99 Å². The van der Waals surface area contributed by atoms with Crippen molar-refractivity contribution in [2.45, 2.75) is 26.3 Å². The van der Waals surface area contributed by atoms with E-state index in [1.807, 2.05) is 32.2 Å². The van der Waals surface area contributed by atoms with Crippen molar-refractivity contribution >= 4 is 34.7 Å². The quantitative estimate of drug-likeness (QED) is 0.614. The van der Waals surface area contributed by atoms with Crippen LogP contribution in [0, 0.1) is 0 Å². The van der Waals surface area contributed by atoms with Gasteiger partial charge >= 0.3 is 0 Å². The fraction of sp³-hybridized carbons (Fsp3) is 0.333. The van der Waals surface area contributed by atoms with Gasteiger partial charge in [-0.05, 0) is 44.0 Å². The van der Waals surface area contributed by atoms with Crippen LogP contribution in [-0.4, -0.2) is 37.8 Å². The van der Waals surface area contributed by atoms with E-state index < -0.39 is 0 Å². The minimum absolute atomic E-state index is 0.0825. The second-order valence-electron chi connectivity index (χ2n) is 6.92. The highest BCUT2D eigenvalue weighted by Crippen LogP contribution is 2.32. The molecule has 0 fully saturated rings. The lowest BCUT2D eigenvalue weighted by atomic mass is 10.1. The van der Waals surface area contributed by atoms with Crippen molar-refractivity contribution in [3.8, 4) is 0 Å². The highest BCUT2D eigenvalue weighted by molar-refractivity contribution is 7.16. The number of nitrogen functional groups attached to an aromatic ring is 1. The van der Waals surface area contributed by atoms with E-state index >= 15 is 0 Å². The van der Waals surface area contributed by atoms with E-state index in [-0.39, 0.29) is 11.9 Å². The first-order valence-corrected chi connectivity index (χ1v) is 10.0. The number of rotatable bonds is 8. The molecule has 1 aliphatic rings. The Morgan fingerprint density at radius 1 is 1.30 bits per heavy atom. The van der Waals surface area contributed by atoms with E-state index in [0.29, 0.717) is 17.1 Å². The number of carbonyl (C=O) groups is 1. The molecule has 27 heavy (non-hydrogen) atoms. The van der Waals surface area contributed by atoms with Crippen molar-refractivity contribution in [2.75, 3.05) is 25.4 Å². The van der Waals surface area contributed by atoms with Gasteiger partial charge in [0.2, 0.25) is 0 Å². The molecule has 142 valence electrons. The van der Waals surface area contributed by atoms with Crippen molar-refractivity contribution in [3.63, 3.8) is 0 Å². The Bertz CT molecular complexity index is 852. The number of nitrogens with zero attached hydrogens (tertiary/aromatic N) is 1. The second-order valence-corrected chi connectivity index (χ2v) is 7.97. The molecule has 1 aromatic carbocycles. The number of amides is 1. The summed E-state index contributed by atoms with van der Waals surface area (Å²) in [4.78, 5) is 18.3. The molecule has 0 saturated heterocycles. The topological polar surface area (TPSA) is 79.5 Å². The molecule has 1 amide bonds. The molecule has 0 atom stereocenters. The van der Waals surface area contributed by atoms with E-state index in [9.17, 15) is 4.79 Å². The van der Waals surface area contributed by atoms with Gasteiger partial charge in [0.15, 0.2) is 0 Å². The summed E-state index contributed by atoms with van der Waals surface area (Å²) in [6.07, 6.45) is 2.89. The Labute approximate surface area is 164 Å². The summed E-state index contributed by atoms with van der Waals surface area (Å²) in [5.41, 5.74) is 10.3. The van der Waals surface area contributed by atoms with Crippen LogP contribution in [0.3, 0.4) is 0 Å². The van der Waals surface area contributed by atoms with Crippen LogP contribution in [0.5, 0.6) is 0 Å². The number of nitrogens with one attached hydrogen (secondary N) is 2. The first kappa shape index (κ1) is 19.3.